The second-order valence-corrected chi connectivity index (χ2v) is 7.30. The fraction of sp³-hybridized carbons (Fsp3) is 0.333. The molecule has 1 heterocycles. The van der Waals surface area contributed by atoms with Gasteiger partial charge >= 0.3 is 0 Å². The van der Waals surface area contributed by atoms with Crippen LogP contribution >= 0.6 is 31.9 Å². The summed E-state index contributed by atoms with van der Waals surface area (Å²) in [5, 5.41) is 3.46. The highest BCUT2D eigenvalue weighted by atomic mass is 79.9. The van der Waals surface area contributed by atoms with Gasteiger partial charge in [0.2, 0.25) is 0 Å². The summed E-state index contributed by atoms with van der Waals surface area (Å²) < 4.78 is 12.6. The van der Waals surface area contributed by atoms with Crippen molar-refractivity contribution in [1.82, 2.24) is 0 Å². The molecule has 0 amide bonds. The Labute approximate surface area is 159 Å². The Morgan fingerprint density at radius 3 is 2.29 bits per heavy atom. The average molecular weight is 456 g/mol. The number of ether oxygens (including phenoxy) is 2. The average Bonchev–Trinajstić information content (AvgIpc) is 2.61. The Morgan fingerprint density at radius 2 is 1.71 bits per heavy atom. The van der Waals surface area contributed by atoms with Crippen molar-refractivity contribution in [1.29, 1.82) is 0 Å². The van der Waals surface area contributed by atoms with Crippen LogP contribution in [0.1, 0.15) is 5.56 Å². The van der Waals surface area contributed by atoms with Gasteiger partial charge in [-0.25, -0.2) is 0 Å². The maximum atomic E-state index is 5.40. The molecule has 1 N–H and O–H groups in total. The molecule has 2 aromatic carbocycles. The van der Waals surface area contributed by atoms with Crippen LogP contribution in [0.2, 0.25) is 0 Å². The molecule has 0 spiro atoms. The molecule has 0 aliphatic carbocycles. The predicted molar refractivity (Wildman–Crippen MR) is 105 cm³/mol. The lowest BCUT2D eigenvalue weighted by Gasteiger charge is -2.29. The van der Waals surface area contributed by atoms with Crippen LogP contribution in [0.4, 0.5) is 11.4 Å². The molecule has 1 fully saturated rings. The van der Waals surface area contributed by atoms with Crippen LogP contribution in [0.15, 0.2) is 45.3 Å². The third-order valence-corrected chi connectivity index (χ3v) is 5.18. The van der Waals surface area contributed by atoms with E-state index in [1.807, 2.05) is 0 Å². The van der Waals surface area contributed by atoms with Gasteiger partial charge in [-0.1, -0.05) is 0 Å². The summed E-state index contributed by atoms with van der Waals surface area (Å²) in [6.07, 6.45) is 0. The standard InChI is InChI=1S/C18H20Br2N2O2/c1-23-18-16(19)10-13(11-17(18)20)12-21-14-2-4-15(5-3-14)22-6-8-24-9-7-22/h2-5,10-11,21H,6-9,12H2,1H3. The topological polar surface area (TPSA) is 33.7 Å². The van der Waals surface area contributed by atoms with Gasteiger partial charge in [0.25, 0.3) is 0 Å². The van der Waals surface area contributed by atoms with Gasteiger partial charge in [0, 0.05) is 31.0 Å². The van der Waals surface area contributed by atoms with E-state index in [-0.39, 0.29) is 0 Å². The maximum Gasteiger partial charge on any atom is 0.147 e. The van der Waals surface area contributed by atoms with Gasteiger partial charge in [0.1, 0.15) is 5.75 Å². The van der Waals surface area contributed by atoms with E-state index in [4.69, 9.17) is 9.47 Å². The highest BCUT2D eigenvalue weighted by Crippen LogP contribution is 2.34. The molecule has 1 aliphatic heterocycles. The summed E-state index contributed by atoms with van der Waals surface area (Å²) in [4.78, 5) is 2.35. The maximum absolute atomic E-state index is 5.40. The van der Waals surface area contributed by atoms with Crippen LogP contribution < -0.4 is 15.0 Å². The van der Waals surface area contributed by atoms with Crippen LogP contribution in [0.25, 0.3) is 0 Å². The van der Waals surface area contributed by atoms with Gasteiger partial charge < -0.3 is 19.7 Å². The fourth-order valence-corrected chi connectivity index (χ4v) is 4.33. The Bertz CT molecular complexity index is 663. The van der Waals surface area contributed by atoms with E-state index in [9.17, 15) is 0 Å². The van der Waals surface area contributed by atoms with E-state index >= 15 is 0 Å². The first-order valence-electron chi connectivity index (χ1n) is 7.86. The summed E-state index contributed by atoms with van der Waals surface area (Å²) in [6.45, 7) is 4.28. The van der Waals surface area contributed by atoms with Gasteiger partial charge in [0.05, 0.1) is 29.3 Å². The summed E-state index contributed by atoms with van der Waals surface area (Å²) in [6, 6.07) is 12.7. The molecule has 0 bridgehead atoms. The van der Waals surface area contributed by atoms with Crippen LogP contribution in [0.5, 0.6) is 5.75 Å². The van der Waals surface area contributed by atoms with Crippen molar-refractivity contribution in [2.24, 2.45) is 0 Å². The number of halogens is 2. The van der Waals surface area contributed by atoms with Crippen molar-refractivity contribution in [2.45, 2.75) is 6.54 Å². The summed E-state index contributed by atoms with van der Waals surface area (Å²) in [5.74, 6) is 0.814. The minimum atomic E-state index is 0.748. The van der Waals surface area contributed by atoms with Crippen LogP contribution in [0.3, 0.4) is 0 Å². The van der Waals surface area contributed by atoms with Gasteiger partial charge in [-0.3, -0.25) is 0 Å². The van der Waals surface area contributed by atoms with Crippen molar-refractivity contribution < 1.29 is 9.47 Å². The van der Waals surface area contributed by atoms with Crippen molar-refractivity contribution in [3.8, 4) is 5.75 Å². The quantitative estimate of drug-likeness (QED) is 0.710. The van der Waals surface area contributed by atoms with Crippen molar-refractivity contribution in [3.05, 3.63) is 50.9 Å². The number of nitrogens with one attached hydrogen (secondary N) is 1. The van der Waals surface area contributed by atoms with Crippen molar-refractivity contribution in [3.63, 3.8) is 0 Å². The lowest BCUT2D eigenvalue weighted by Crippen LogP contribution is -2.36. The smallest absolute Gasteiger partial charge is 0.147 e. The molecule has 1 aliphatic rings. The van der Waals surface area contributed by atoms with E-state index in [0.29, 0.717) is 0 Å². The Balaban J connectivity index is 1.62. The Hall–Kier alpha value is -1.24. The van der Waals surface area contributed by atoms with E-state index in [2.05, 4.69) is 78.5 Å². The number of morpholine rings is 1. The summed E-state index contributed by atoms with van der Waals surface area (Å²) in [7, 11) is 1.67. The highest BCUT2D eigenvalue weighted by molar-refractivity contribution is 9.11. The first-order valence-corrected chi connectivity index (χ1v) is 9.44. The van der Waals surface area contributed by atoms with Gasteiger partial charge in [-0.2, -0.15) is 0 Å². The third-order valence-electron chi connectivity index (χ3n) is 4.00. The number of rotatable bonds is 5. The first-order chi connectivity index (χ1) is 11.7. The van der Waals surface area contributed by atoms with Crippen molar-refractivity contribution in [2.75, 3.05) is 43.6 Å². The first kappa shape index (κ1) is 17.6. The Kier molecular flexibility index (Phi) is 6.03. The van der Waals surface area contributed by atoms with Gasteiger partial charge in [-0.05, 0) is 73.8 Å². The van der Waals surface area contributed by atoms with Crippen LogP contribution in [0, 0.1) is 0 Å². The molecule has 4 nitrogen and oxygen atoms in total. The SMILES string of the molecule is COc1c(Br)cc(CNc2ccc(N3CCOCC3)cc2)cc1Br. The zero-order valence-electron chi connectivity index (χ0n) is 13.5. The largest absolute Gasteiger partial charge is 0.494 e. The second kappa shape index (κ2) is 8.23. The van der Waals surface area contributed by atoms with Crippen LogP contribution in [-0.2, 0) is 11.3 Å². The molecule has 6 heteroatoms. The summed E-state index contributed by atoms with van der Waals surface area (Å²) in [5.41, 5.74) is 3.53. The van der Waals surface area contributed by atoms with E-state index < -0.39 is 0 Å². The van der Waals surface area contributed by atoms with Gasteiger partial charge in [-0.15, -0.1) is 0 Å². The molecule has 128 valence electrons. The normalized spacial score (nSPS) is 14.5. The minimum absolute atomic E-state index is 0.748. The molecule has 0 unspecified atom stereocenters. The van der Waals surface area contributed by atoms with Crippen molar-refractivity contribution >= 4 is 43.2 Å². The predicted octanol–water partition coefficient (Wildman–Crippen LogP) is 4.67. The van der Waals surface area contributed by atoms with Gasteiger partial charge in [0.15, 0.2) is 0 Å². The number of hydrogen-bond acceptors (Lipinski definition) is 4. The molecule has 2 aromatic rings. The Morgan fingerprint density at radius 1 is 1.08 bits per heavy atom. The molecular weight excluding hydrogens is 436 g/mol. The number of benzene rings is 2. The summed E-state index contributed by atoms with van der Waals surface area (Å²) >= 11 is 7.08. The molecule has 0 aromatic heterocycles. The van der Waals surface area contributed by atoms with Crippen LogP contribution in [-0.4, -0.2) is 33.4 Å². The molecule has 0 radical (unpaired) electrons. The number of methoxy groups -OCH3 is 1. The van der Waals surface area contributed by atoms with E-state index in [1.54, 1.807) is 7.11 Å². The number of anilines is 2. The van der Waals surface area contributed by atoms with E-state index in [0.717, 1.165) is 53.2 Å². The monoisotopic (exact) mass is 454 g/mol. The zero-order valence-corrected chi connectivity index (χ0v) is 16.7. The second-order valence-electron chi connectivity index (χ2n) is 5.59. The fourth-order valence-electron chi connectivity index (χ4n) is 2.73. The lowest BCUT2D eigenvalue weighted by molar-refractivity contribution is 0.122. The lowest BCUT2D eigenvalue weighted by atomic mass is 10.2. The van der Waals surface area contributed by atoms with E-state index in [1.165, 1.54) is 11.3 Å². The zero-order chi connectivity index (χ0) is 16.9. The minimum Gasteiger partial charge on any atom is -0.494 e. The molecule has 24 heavy (non-hydrogen) atoms. The molecule has 1 saturated heterocycles. The highest BCUT2D eigenvalue weighted by Gasteiger charge is 2.11. The molecular formula is C18H20Br2N2O2. The third kappa shape index (κ3) is 4.23. The number of nitrogens with zero attached hydrogens (tertiary/aromatic N) is 1. The molecule has 0 atom stereocenters. The molecule has 0 saturated carbocycles. The molecule has 3 rings (SSSR count). The number of hydrogen-bond donors (Lipinski definition) is 1.